The van der Waals surface area contributed by atoms with E-state index in [9.17, 15) is 19.2 Å². The molecule has 1 N–H and O–H groups in total. The average Bonchev–Trinajstić information content (AvgIpc) is 2.74. The standard InChI is InChI=1S/C23H17NO5/c25-19(26)10-5-13-24-22(28)17-9-4-8-15-16(11-12-18(20(15)17)23(24)29)21(27)14-6-2-1-3-7-14/h1-4,6-9,11-12H,5,10,13H2,(H,25,26). The normalized spacial score (nSPS) is 13.0. The van der Waals surface area contributed by atoms with Gasteiger partial charge in [-0.2, -0.15) is 0 Å². The summed E-state index contributed by atoms with van der Waals surface area (Å²) in [5, 5.41) is 9.84. The smallest absolute Gasteiger partial charge is 0.303 e. The molecule has 6 nitrogen and oxygen atoms in total. The molecule has 1 aliphatic rings. The molecule has 0 saturated heterocycles. The maximum absolute atomic E-state index is 13.0. The summed E-state index contributed by atoms with van der Waals surface area (Å²) in [6.45, 7) is 0.0322. The van der Waals surface area contributed by atoms with Crippen LogP contribution in [-0.2, 0) is 4.79 Å². The lowest BCUT2D eigenvalue weighted by atomic mass is 9.89. The highest BCUT2D eigenvalue weighted by Crippen LogP contribution is 2.33. The molecule has 0 fully saturated rings. The summed E-state index contributed by atoms with van der Waals surface area (Å²) >= 11 is 0. The van der Waals surface area contributed by atoms with Crippen molar-refractivity contribution in [3.63, 3.8) is 0 Å². The Morgan fingerprint density at radius 2 is 1.52 bits per heavy atom. The number of ketones is 1. The van der Waals surface area contributed by atoms with Crippen LogP contribution in [0.5, 0.6) is 0 Å². The van der Waals surface area contributed by atoms with E-state index in [4.69, 9.17) is 5.11 Å². The number of carbonyl (C=O) groups excluding carboxylic acids is 3. The van der Waals surface area contributed by atoms with Gasteiger partial charge in [-0.15, -0.1) is 0 Å². The Morgan fingerprint density at radius 1 is 0.828 bits per heavy atom. The number of benzene rings is 3. The van der Waals surface area contributed by atoms with Crippen LogP contribution in [0.1, 0.15) is 49.5 Å². The minimum atomic E-state index is -0.978. The Morgan fingerprint density at radius 3 is 2.21 bits per heavy atom. The van der Waals surface area contributed by atoms with Crippen molar-refractivity contribution in [2.45, 2.75) is 12.8 Å². The largest absolute Gasteiger partial charge is 0.481 e. The van der Waals surface area contributed by atoms with E-state index >= 15 is 0 Å². The third-order valence-electron chi connectivity index (χ3n) is 5.04. The van der Waals surface area contributed by atoms with Gasteiger partial charge < -0.3 is 5.11 Å². The van der Waals surface area contributed by atoms with Gasteiger partial charge >= 0.3 is 5.97 Å². The van der Waals surface area contributed by atoms with E-state index < -0.39 is 17.8 Å². The van der Waals surface area contributed by atoms with Gasteiger partial charge in [-0.3, -0.25) is 24.1 Å². The van der Waals surface area contributed by atoms with E-state index in [0.717, 1.165) is 4.90 Å². The molecule has 1 aliphatic heterocycles. The van der Waals surface area contributed by atoms with Crippen LogP contribution in [0.2, 0.25) is 0 Å². The van der Waals surface area contributed by atoms with Crippen LogP contribution in [0.25, 0.3) is 10.8 Å². The Labute approximate surface area is 166 Å². The molecular weight excluding hydrogens is 370 g/mol. The van der Waals surface area contributed by atoms with Crippen LogP contribution < -0.4 is 0 Å². The maximum atomic E-state index is 13.0. The second-order valence-electron chi connectivity index (χ2n) is 6.84. The minimum absolute atomic E-state index is 0.0322. The molecule has 0 saturated carbocycles. The van der Waals surface area contributed by atoms with E-state index in [0.29, 0.717) is 33.0 Å². The van der Waals surface area contributed by atoms with Gasteiger partial charge in [0.25, 0.3) is 11.8 Å². The number of aliphatic carboxylic acids is 1. The van der Waals surface area contributed by atoms with Gasteiger partial charge in [0.15, 0.2) is 5.78 Å². The summed E-state index contributed by atoms with van der Waals surface area (Å²) in [6, 6.07) is 17.1. The summed E-state index contributed by atoms with van der Waals surface area (Å²) in [7, 11) is 0. The van der Waals surface area contributed by atoms with Crippen LogP contribution in [0.15, 0.2) is 60.7 Å². The van der Waals surface area contributed by atoms with Crippen molar-refractivity contribution in [3.05, 3.63) is 82.9 Å². The first-order valence-electron chi connectivity index (χ1n) is 9.22. The number of amides is 2. The Bertz CT molecular complexity index is 1140. The van der Waals surface area contributed by atoms with Gasteiger partial charge in [0.1, 0.15) is 0 Å². The highest BCUT2D eigenvalue weighted by Gasteiger charge is 2.33. The second kappa shape index (κ2) is 7.31. The van der Waals surface area contributed by atoms with Crippen molar-refractivity contribution in [2.24, 2.45) is 0 Å². The molecule has 29 heavy (non-hydrogen) atoms. The van der Waals surface area contributed by atoms with Crippen LogP contribution in [0.3, 0.4) is 0 Å². The fraction of sp³-hybridized carbons (Fsp3) is 0.130. The fourth-order valence-corrected chi connectivity index (χ4v) is 3.68. The zero-order chi connectivity index (χ0) is 20.5. The van der Waals surface area contributed by atoms with Crippen molar-refractivity contribution in [2.75, 3.05) is 6.54 Å². The van der Waals surface area contributed by atoms with Crippen molar-refractivity contribution < 1.29 is 24.3 Å². The molecule has 0 atom stereocenters. The van der Waals surface area contributed by atoms with E-state index in [1.807, 2.05) is 6.07 Å². The van der Waals surface area contributed by atoms with Crippen LogP contribution in [-0.4, -0.2) is 40.1 Å². The predicted molar refractivity (Wildman–Crippen MR) is 106 cm³/mol. The molecule has 0 radical (unpaired) electrons. The number of carboxylic acid groups (broad SMARTS) is 1. The van der Waals surface area contributed by atoms with Gasteiger partial charge in [-0.25, -0.2) is 0 Å². The van der Waals surface area contributed by atoms with Crippen LogP contribution in [0, 0.1) is 0 Å². The molecule has 2 amide bonds. The zero-order valence-electron chi connectivity index (χ0n) is 15.4. The first-order valence-corrected chi connectivity index (χ1v) is 9.22. The fourth-order valence-electron chi connectivity index (χ4n) is 3.68. The predicted octanol–water partition coefficient (Wildman–Crippen LogP) is 3.53. The lowest BCUT2D eigenvalue weighted by Gasteiger charge is -2.27. The van der Waals surface area contributed by atoms with Crippen LogP contribution >= 0.6 is 0 Å². The zero-order valence-corrected chi connectivity index (χ0v) is 15.4. The molecule has 3 aromatic rings. The number of carboxylic acids is 1. The molecule has 1 heterocycles. The molecule has 0 bridgehead atoms. The number of carbonyl (C=O) groups is 4. The van der Waals surface area contributed by atoms with E-state index in [2.05, 4.69) is 0 Å². The van der Waals surface area contributed by atoms with E-state index in [-0.39, 0.29) is 25.2 Å². The van der Waals surface area contributed by atoms with Gasteiger partial charge in [0, 0.05) is 40.6 Å². The molecule has 0 aliphatic carbocycles. The highest BCUT2D eigenvalue weighted by atomic mass is 16.4. The lowest BCUT2D eigenvalue weighted by molar-refractivity contribution is -0.137. The Balaban J connectivity index is 1.79. The van der Waals surface area contributed by atoms with Gasteiger partial charge in [-0.1, -0.05) is 42.5 Å². The molecule has 0 aromatic heterocycles. The lowest BCUT2D eigenvalue weighted by Crippen LogP contribution is -2.41. The average molecular weight is 387 g/mol. The third kappa shape index (κ3) is 3.18. The topological polar surface area (TPSA) is 91.8 Å². The quantitative estimate of drug-likeness (QED) is 0.516. The van der Waals surface area contributed by atoms with Crippen molar-refractivity contribution in [1.29, 1.82) is 0 Å². The second-order valence-corrected chi connectivity index (χ2v) is 6.84. The van der Waals surface area contributed by atoms with E-state index in [1.165, 1.54) is 0 Å². The van der Waals surface area contributed by atoms with Crippen molar-refractivity contribution in [1.82, 2.24) is 4.90 Å². The monoisotopic (exact) mass is 387 g/mol. The number of imide groups is 1. The molecule has 0 unspecified atom stereocenters. The molecule has 6 heteroatoms. The molecule has 0 spiro atoms. The number of nitrogens with zero attached hydrogens (tertiary/aromatic N) is 1. The Hall–Kier alpha value is -3.80. The van der Waals surface area contributed by atoms with Crippen molar-refractivity contribution in [3.8, 4) is 0 Å². The summed E-state index contributed by atoms with van der Waals surface area (Å²) in [6.07, 6.45) is 0.0569. The summed E-state index contributed by atoms with van der Waals surface area (Å²) in [5.41, 5.74) is 1.64. The highest BCUT2D eigenvalue weighted by molar-refractivity contribution is 6.28. The molecule has 144 valence electrons. The summed E-state index contributed by atoms with van der Waals surface area (Å²) in [4.78, 5) is 50.6. The number of hydrogen-bond donors (Lipinski definition) is 1. The van der Waals surface area contributed by atoms with Gasteiger partial charge in [0.05, 0.1) is 0 Å². The first kappa shape index (κ1) is 18.6. The summed E-state index contributed by atoms with van der Waals surface area (Å²) in [5.74, 6) is -2.10. The maximum Gasteiger partial charge on any atom is 0.303 e. The third-order valence-corrected chi connectivity index (χ3v) is 5.04. The minimum Gasteiger partial charge on any atom is -0.481 e. The molecule has 4 rings (SSSR count). The van der Waals surface area contributed by atoms with Gasteiger partial charge in [0.2, 0.25) is 0 Å². The Kier molecular flexibility index (Phi) is 4.68. The van der Waals surface area contributed by atoms with Gasteiger partial charge in [-0.05, 0) is 30.0 Å². The number of hydrogen-bond acceptors (Lipinski definition) is 4. The summed E-state index contributed by atoms with van der Waals surface area (Å²) < 4.78 is 0. The number of rotatable bonds is 6. The SMILES string of the molecule is O=C(O)CCCN1C(=O)c2cccc3c(C(=O)c4ccccc4)ccc(c23)C1=O. The van der Waals surface area contributed by atoms with Crippen molar-refractivity contribution >= 4 is 34.3 Å². The molecule has 3 aromatic carbocycles. The molecular formula is C23H17NO5. The van der Waals surface area contributed by atoms with E-state index in [1.54, 1.807) is 54.6 Å². The first-order chi connectivity index (χ1) is 14.0. The van der Waals surface area contributed by atoms with Crippen LogP contribution in [0.4, 0.5) is 0 Å².